The van der Waals surface area contributed by atoms with E-state index in [2.05, 4.69) is 0 Å². The lowest BCUT2D eigenvalue weighted by atomic mass is 10.1. The molecule has 0 aliphatic heterocycles. The minimum atomic E-state index is -1.22. The van der Waals surface area contributed by atoms with Crippen LogP contribution < -0.4 is 11.5 Å². The zero-order chi connectivity index (χ0) is 18.4. The number of rotatable bonds is 3. The number of nitrogens with two attached hydrogens (primary N) is 2. The molecule has 0 radical (unpaired) electrons. The van der Waals surface area contributed by atoms with Gasteiger partial charge in [-0.1, -0.05) is 6.07 Å². The number of aromatic carboxylic acids is 3. The van der Waals surface area contributed by atoms with Gasteiger partial charge in [0.1, 0.15) is 11.3 Å². The molecule has 9 nitrogen and oxygen atoms in total. The normalized spacial score (nSPS) is 9.50. The van der Waals surface area contributed by atoms with Gasteiger partial charge in [0.05, 0.1) is 11.1 Å². The minimum absolute atomic E-state index is 0.0255. The van der Waals surface area contributed by atoms with Crippen LogP contribution in [0.5, 0.6) is 5.75 Å². The highest BCUT2D eigenvalue weighted by Crippen LogP contribution is 2.22. The molecule has 0 amide bonds. The Hall–Kier alpha value is -3.75. The van der Waals surface area contributed by atoms with Crippen molar-refractivity contribution in [1.29, 1.82) is 0 Å². The molecule has 0 aliphatic rings. The number of carboxylic acid groups (broad SMARTS) is 3. The molecule has 0 aliphatic carbocycles. The van der Waals surface area contributed by atoms with E-state index in [-0.39, 0.29) is 33.8 Å². The van der Waals surface area contributed by atoms with Crippen molar-refractivity contribution < 1.29 is 34.8 Å². The van der Waals surface area contributed by atoms with Crippen molar-refractivity contribution in [2.24, 2.45) is 0 Å². The molecule has 0 fully saturated rings. The van der Waals surface area contributed by atoms with E-state index in [9.17, 15) is 14.4 Å². The molecule has 0 unspecified atom stereocenters. The topological polar surface area (TPSA) is 184 Å². The summed E-state index contributed by atoms with van der Waals surface area (Å²) in [4.78, 5) is 31.3. The maximum absolute atomic E-state index is 10.5. The Kier molecular flexibility index (Phi) is 5.71. The van der Waals surface area contributed by atoms with E-state index in [0.29, 0.717) is 0 Å². The summed E-state index contributed by atoms with van der Waals surface area (Å²) in [6.45, 7) is 0. The first-order chi connectivity index (χ1) is 11.1. The fraction of sp³-hybridized carbons (Fsp3) is 0. The van der Waals surface area contributed by atoms with E-state index < -0.39 is 17.9 Å². The monoisotopic (exact) mass is 334 g/mol. The third-order valence-electron chi connectivity index (χ3n) is 2.82. The Balaban J connectivity index is 0.000000243. The standard InChI is InChI=1S/C8H7NO4.C7H7NO3/c9-6-3-4(7(10)11)1-2-5(6)8(12)13;8-4-2-1-3-5(9)6(4)7(10)11/h1-3H,9H2,(H,10,11)(H,12,13);1-3,9H,8H2,(H,10,11). The van der Waals surface area contributed by atoms with E-state index >= 15 is 0 Å². The fourth-order valence-electron chi connectivity index (χ4n) is 1.68. The molecule has 0 heterocycles. The lowest BCUT2D eigenvalue weighted by molar-refractivity contribution is 0.0682. The van der Waals surface area contributed by atoms with Crippen LogP contribution in [-0.2, 0) is 0 Å². The first-order valence-corrected chi connectivity index (χ1v) is 6.32. The second-order valence-electron chi connectivity index (χ2n) is 4.46. The number of nitrogen functional groups attached to an aromatic ring is 2. The van der Waals surface area contributed by atoms with E-state index in [4.69, 9.17) is 31.9 Å². The Morgan fingerprint density at radius 2 is 1.42 bits per heavy atom. The van der Waals surface area contributed by atoms with E-state index in [1.807, 2.05) is 0 Å². The van der Waals surface area contributed by atoms with Crippen LogP contribution in [0.4, 0.5) is 11.4 Å². The van der Waals surface area contributed by atoms with Gasteiger partial charge >= 0.3 is 17.9 Å². The number of phenols is 1. The molecule has 0 bridgehead atoms. The summed E-state index contributed by atoms with van der Waals surface area (Å²) in [5.74, 6) is -3.84. The number of benzene rings is 2. The first-order valence-electron chi connectivity index (χ1n) is 6.32. The van der Waals surface area contributed by atoms with Crippen molar-refractivity contribution in [2.75, 3.05) is 11.5 Å². The number of carboxylic acids is 3. The van der Waals surface area contributed by atoms with Crippen LogP contribution >= 0.6 is 0 Å². The lowest BCUT2D eigenvalue weighted by Gasteiger charge is -2.01. The van der Waals surface area contributed by atoms with Crippen molar-refractivity contribution >= 4 is 29.3 Å². The molecular weight excluding hydrogens is 320 g/mol. The minimum Gasteiger partial charge on any atom is -0.507 e. The van der Waals surface area contributed by atoms with Gasteiger partial charge in [0.15, 0.2) is 0 Å². The number of hydrogen-bond acceptors (Lipinski definition) is 6. The molecule has 0 aromatic heterocycles. The average molecular weight is 334 g/mol. The maximum atomic E-state index is 10.5. The molecule has 9 heteroatoms. The summed E-state index contributed by atoms with van der Waals surface area (Å²) in [7, 11) is 0. The summed E-state index contributed by atoms with van der Waals surface area (Å²) >= 11 is 0. The Morgan fingerprint density at radius 1 is 0.792 bits per heavy atom. The van der Waals surface area contributed by atoms with Crippen molar-refractivity contribution in [3.8, 4) is 5.75 Å². The second-order valence-corrected chi connectivity index (χ2v) is 4.46. The van der Waals surface area contributed by atoms with E-state index in [0.717, 1.165) is 6.07 Å². The highest BCUT2D eigenvalue weighted by atomic mass is 16.4. The molecule has 126 valence electrons. The number of anilines is 2. The van der Waals surface area contributed by atoms with Gasteiger partial charge in [-0.15, -0.1) is 0 Å². The third-order valence-corrected chi connectivity index (χ3v) is 2.82. The van der Waals surface area contributed by atoms with Crippen molar-refractivity contribution in [3.05, 3.63) is 53.1 Å². The maximum Gasteiger partial charge on any atom is 0.341 e. The number of aromatic hydroxyl groups is 1. The van der Waals surface area contributed by atoms with Gasteiger partial charge in [-0.25, -0.2) is 14.4 Å². The molecule has 24 heavy (non-hydrogen) atoms. The fourth-order valence-corrected chi connectivity index (χ4v) is 1.68. The van der Waals surface area contributed by atoms with Crippen LogP contribution in [-0.4, -0.2) is 38.3 Å². The van der Waals surface area contributed by atoms with Gasteiger partial charge in [-0.3, -0.25) is 0 Å². The third kappa shape index (κ3) is 4.37. The second kappa shape index (κ2) is 7.49. The van der Waals surface area contributed by atoms with E-state index in [1.54, 1.807) is 0 Å². The van der Waals surface area contributed by atoms with Gasteiger partial charge < -0.3 is 31.9 Å². The molecule has 0 saturated carbocycles. The zero-order valence-corrected chi connectivity index (χ0v) is 12.1. The molecular formula is C15H14N2O7. The van der Waals surface area contributed by atoms with Crippen molar-refractivity contribution in [2.45, 2.75) is 0 Å². The predicted octanol–water partition coefficient (Wildman–Crippen LogP) is 1.34. The van der Waals surface area contributed by atoms with Crippen LogP contribution in [0.1, 0.15) is 31.1 Å². The predicted molar refractivity (Wildman–Crippen MR) is 84.3 cm³/mol. The zero-order valence-electron chi connectivity index (χ0n) is 12.1. The van der Waals surface area contributed by atoms with Gasteiger partial charge in [-0.2, -0.15) is 0 Å². The molecule has 2 aromatic rings. The molecule has 2 aromatic carbocycles. The first kappa shape index (κ1) is 18.3. The van der Waals surface area contributed by atoms with Gasteiger partial charge in [0, 0.05) is 11.4 Å². The van der Waals surface area contributed by atoms with Crippen LogP contribution in [0.2, 0.25) is 0 Å². The molecule has 0 spiro atoms. The molecule has 8 N–H and O–H groups in total. The van der Waals surface area contributed by atoms with Crippen LogP contribution in [0.15, 0.2) is 36.4 Å². The number of carbonyl (C=O) groups is 3. The van der Waals surface area contributed by atoms with E-state index in [1.165, 1.54) is 30.3 Å². The molecule has 2 rings (SSSR count). The smallest absolute Gasteiger partial charge is 0.341 e. The van der Waals surface area contributed by atoms with Crippen LogP contribution in [0.3, 0.4) is 0 Å². The summed E-state index contributed by atoms with van der Waals surface area (Å²) in [5, 5.41) is 34.6. The highest BCUT2D eigenvalue weighted by Gasteiger charge is 2.12. The molecule has 0 saturated heterocycles. The Bertz CT molecular complexity index is 782. The van der Waals surface area contributed by atoms with Crippen molar-refractivity contribution in [3.63, 3.8) is 0 Å². The number of hydrogen-bond donors (Lipinski definition) is 6. The van der Waals surface area contributed by atoms with Gasteiger partial charge in [0.25, 0.3) is 0 Å². The SMILES string of the molecule is Nc1cc(C(=O)O)ccc1C(=O)O.Nc1cccc(O)c1C(=O)O. The summed E-state index contributed by atoms with van der Waals surface area (Å²) < 4.78 is 0. The summed E-state index contributed by atoms with van der Waals surface area (Å²) in [5.41, 5.74) is 10.3. The van der Waals surface area contributed by atoms with Crippen molar-refractivity contribution in [1.82, 2.24) is 0 Å². The van der Waals surface area contributed by atoms with Gasteiger partial charge in [-0.05, 0) is 30.3 Å². The lowest BCUT2D eigenvalue weighted by Crippen LogP contribution is -2.05. The summed E-state index contributed by atoms with van der Waals surface area (Å²) in [6.07, 6.45) is 0. The largest absolute Gasteiger partial charge is 0.507 e. The van der Waals surface area contributed by atoms with Crippen LogP contribution in [0, 0.1) is 0 Å². The summed E-state index contributed by atoms with van der Waals surface area (Å²) in [6, 6.07) is 7.66. The Morgan fingerprint density at radius 3 is 1.79 bits per heavy atom. The van der Waals surface area contributed by atoms with Gasteiger partial charge in [0.2, 0.25) is 0 Å². The molecule has 0 atom stereocenters. The average Bonchev–Trinajstić information content (AvgIpc) is 2.46. The highest BCUT2D eigenvalue weighted by molar-refractivity contribution is 5.97. The Labute approximate surface area is 135 Å². The quantitative estimate of drug-likeness (QED) is 0.450. The van der Waals surface area contributed by atoms with Crippen LogP contribution in [0.25, 0.3) is 0 Å².